The molecule has 0 saturated carbocycles. The zero-order chi connectivity index (χ0) is 21.1. The van der Waals surface area contributed by atoms with E-state index in [9.17, 15) is 18.0 Å². The van der Waals surface area contributed by atoms with E-state index >= 15 is 0 Å². The molecule has 1 fully saturated rings. The molecule has 0 atom stereocenters. The predicted octanol–water partition coefficient (Wildman–Crippen LogP) is 3.27. The second-order valence-corrected chi connectivity index (χ2v) is 7.33. The molecule has 0 aliphatic carbocycles. The number of alkyl halides is 3. The number of carbonyl (C=O) groups excluding carboxylic acids is 1. The van der Waals surface area contributed by atoms with E-state index in [2.05, 4.69) is 19.8 Å². The van der Waals surface area contributed by atoms with Gasteiger partial charge in [-0.25, -0.2) is 4.98 Å². The maximum atomic E-state index is 13.1. The summed E-state index contributed by atoms with van der Waals surface area (Å²) < 4.78 is 41.3. The number of amides is 1. The van der Waals surface area contributed by atoms with Crippen molar-refractivity contribution in [2.45, 2.75) is 12.8 Å². The topological polar surface area (TPSA) is 53.4 Å². The van der Waals surface area contributed by atoms with Gasteiger partial charge in [0, 0.05) is 26.2 Å². The Kier molecular flexibility index (Phi) is 5.74. The second kappa shape index (κ2) is 8.45. The Morgan fingerprint density at radius 2 is 1.63 bits per heavy atom. The summed E-state index contributed by atoms with van der Waals surface area (Å²) >= 11 is 0. The number of piperazine rings is 1. The first-order chi connectivity index (χ1) is 14.4. The molecule has 0 radical (unpaired) electrons. The number of benzene rings is 2. The van der Waals surface area contributed by atoms with Gasteiger partial charge >= 0.3 is 6.18 Å². The minimum absolute atomic E-state index is 0.0635. The summed E-state index contributed by atoms with van der Waals surface area (Å²) in [6.45, 7) is 3.63. The highest BCUT2D eigenvalue weighted by molar-refractivity contribution is 5.93. The zero-order valence-corrected chi connectivity index (χ0v) is 16.3. The largest absolute Gasteiger partial charge is 0.418 e. The van der Waals surface area contributed by atoms with Crippen molar-refractivity contribution in [1.82, 2.24) is 19.4 Å². The number of imidazole rings is 1. The third-order valence-corrected chi connectivity index (χ3v) is 5.22. The fourth-order valence-electron chi connectivity index (χ4n) is 3.66. The van der Waals surface area contributed by atoms with Gasteiger partial charge in [0.05, 0.1) is 41.8 Å². The highest BCUT2D eigenvalue weighted by Crippen LogP contribution is 2.34. The maximum Gasteiger partial charge on any atom is 0.418 e. The van der Waals surface area contributed by atoms with Gasteiger partial charge in [-0.15, -0.1) is 0 Å². The first-order valence-corrected chi connectivity index (χ1v) is 9.71. The molecule has 1 aromatic heterocycles. The lowest BCUT2D eigenvalue weighted by molar-refractivity contribution is -0.137. The lowest BCUT2D eigenvalue weighted by Gasteiger charge is -2.34. The van der Waals surface area contributed by atoms with E-state index in [-0.39, 0.29) is 12.2 Å². The lowest BCUT2D eigenvalue weighted by atomic mass is 10.1. The van der Waals surface area contributed by atoms with Gasteiger partial charge in [-0.2, -0.15) is 13.2 Å². The summed E-state index contributed by atoms with van der Waals surface area (Å²) in [6.07, 6.45) is -2.68. The molecule has 0 bridgehead atoms. The first-order valence-electron chi connectivity index (χ1n) is 9.71. The summed E-state index contributed by atoms with van der Waals surface area (Å²) in [6, 6.07) is 13.0. The molecule has 1 aliphatic heterocycles. The van der Waals surface area contributed by atoms with E-state index in [4.69, 9.17) is 0 Å². The molecule has 2 aromatic carbocycles. The van der Waals surface area contributed by atoms with Gasteiger partial charge in [0.2, 0.25) is 5.91 Å². The first kappa shape index (κ1) is 20.4. The fourth-order valence-corrected chi connectivity index (χ4v) is 3.66. The molecule has 0 unspecified atom stereocenters. The number of para-hydroxylation sites is 3. The molecule has 1 amide bonds. The van der Waals surface area contributed by atoms with Crippen molar-refractivity contribution in [1.29, 1.82) is 0 Å². The number of hydrogen-bond acceptors (Lipinski definition) is 4. The SMILES string of the molecule is O=C(CN1CCN(Cn2cnc3ccccc32)CC1)Nc1ccccc1C(F)(F)F. The van der Waals surface area contributed by atoms with Crippen LogP contribution in [0.4, 0.5) is 18.9 Å². The molecule has 9 heteroatoms. The van der Waals surface area contributed by atoms with Crippen molar-refractivity contribution < 1.29 is 18.0 Å². The van der Waals surface area contributed by atoms with Crippen LogP contribution >= 0.6 is 0 Å². The van der Waals surface area contributed by atoms with Crippen LogP contribution in [0.5, 0.6) is 0 Å². The Morgan fingerprint density at radius 3 is 2.40 bits per heavy atom. The molecule has 30 heavy (non-hydrogen) atoms. The zero-order valence-electron chi connectivity index (χ0n) is 16.3. The summed E-state index contributed by atoms with van der Waals surface area (Å²) in [5.41, 5.74) is 0.978. The Bertz CT molecular complexity index is 1020. The number of fused-ring (bicyclic) bond motifs is 1. The molecule has 6 nitrogen and oxygen atoms in total. The Morgan fingerprint density at radius 1 is 0.967 bits per heavy atom. The number of rotatable bonds is 5. The Labute approximate surface area is 171 Å². The van der Waals surface area contributed by atoms with Crippen LogP contribution in [0.15, 0.2) is 54.9 Å². The van der Waals surface area contributed by atoms with E-state index in [0.717, 1.165) is 30.2 Å². The third-order valence-electron chi connectivity index (χ3n) is 5.22. The Balaban J connectivity index is 1.29. The van der Waals surface area contributed by atoms with Crippen molar-refractivity contribution in [3.63, 3.8) is 0 Å². The molecule has 1 N–H and O–H groups in total. The van der Waals surface area contributed by atoms with E-state index < -0.39 is 17.6 Å². The van der Waals surface area contributed by atoms with Gasteiger partial charge in [-0.1, -0.05) is 24.3 Å². The van der Waals surface area contributed by atoms with Crippen molar-refractivity contribution in [2.75, 3.05) is 38.0 Å². The normalized spacial score (nSPS) is 16.1. The molecular formula is C21H22F3N5O. The van der Waals surface area contributed by atoms with Gasteiger partial charge in [0.15, 0.2) is 0 Å². The van der Waals surface area contributed by atoms with Crippen LogP contribution < -0.4 is 5.32 Å². The average molecular weight is 417 g/mol. The quantitative estimate of drug-likeness (QED) is 0.693. The summed E-state index contributed by atoms with van der Waals surface area (Å²) in [7, 11) is 0. The van der Waals surface area contributed by atoms with Crippen LogP contribution in [0, 0.1) is 0 Å². The number of aromatic nitrogens is 2. The van der Waals surface area contributed by atoms with Crippen molar-refractivity contribution >= 4 is 22.6 Å². The van der Waals surface area contributed by atoms with E-state index in [1.807, 2.05) is 35.5 Å². The molecule has 4 rings (SSSR count). The molecule has 3 aromatic rings. The maximum absolute atomic E-state index is 13.1. The highest BCUT2D eigenvalue weighted by atomic mass is 19.4. The van der Waals surface area contributed by atoms with Crippen molar-refractivity contribution in [3.05, 3.63) is 60.4 Å². The number of halogens is 3. The van der Waals surface area contributed by atoms with E-state index in [0.29, 0.717) is 19.8 Å². The number of anilines is 1. The van der Waals surface area contributed by atoms with Gasteiger partial charge < -0.3 is 9.88 Å². The summed E-state index contributed by atoms with van der Waals surface area (Å²) in [5, 5.41) is 2.41. The summed E-state index contributed by atoms with van der Waals surface area (Å²) in [4.78, 5) is 20.9. The van der Waals surface area contributed by atoms with Gasteiger partial charge in [-0.05, 0) is 24.3 Å². The number of hydrogen-bond donors (Lipinski definition) is 1. The van der Waals surface area contributed by atoms with Crippen LogP contribution in [0.2, 0.25) is 0 Å². The van der Waals surface area contributed by atoms with Crippen LogP contribution in [-0.2, 0) is 17.6 Å². The van der Waals surface area contributed by atoms with Gasteiger partial charge in [-0.3, -0.25) is 14.6 Å². The number of carbonyl (C=O) groups is 1. The second-order valence-electron chi connectivity index (χ2n) is 7.33. The standard InChI is InChI=1S/C21H22F3N5O/c22-21(23,24)16-5-1-2-6-17(16)26-20(30)13-27-9-11-28(12-10-27)15-29-14-25-18-7-3-4-8-19(18)29/h1-8,14H,9-13,15H2,(H,26,30). The van der Waals surface area contributed by atoms with Gasteiger partial charge in [0.25, 0.3) is 0 Å². The monoisotopic (exact) mass is 417 g/mol. The predicted molar refractivity (Wildman–Crippen MR) is 108 cm³/mol. The molecule has 158 valence electrons. The van der Waals surface area contributed by atoms with Crippen molar-refractivity contribution in [2.24, 2.45) is 0 Å². The fraction of sp³-hybridized carbons (Fsp3) is 0.333. The minimum atomic E-state index is -4.51. The van der Waals surface area contributed by atoms with Crippen LogP contribution in [0.1, 0.15) is 5.56 Å². The molecule has 0 spiro atoms. The molecule has 1 saturated heterocycles. The van der Waals surface area contributed by atoms with E-state index in [1.54, 1.807) is 0 Å². The smallest absolute Gasteiger partial charge is 0.324 e. The molecular weight excluding hydrogens is 395 g/mol. The van der Waals surface area contributed by atoms with Crippen LogP contribution in [-0.4, -0.2) is 58.0 Å². The molecule has 1 aliphatic rings. The average Bonchev–Trinajstić information content (AvgIpc) is 3.12. The Hall–Kier alpha value is -2.91. The van der Waals surface area contributed by atoms with Gasteiger partial charge in [0.1, 0.15) is 0 Å². The summed E-state index contributed by atoms with van der Waals surface area (Å²) in [5.74, 6) is -0.444. The number of nitrogens with one attached hydrogen (secondary N) is 1. The minimum Gasteiger partial charge on any atom is -0.324 e. The third kappa shape index (κ3) is 4.63. The van der Waals surface area contributed by atoms with Crippen LogP contribution in [0.3, 0.4) is 0 Å². The lowest BCUT2D eigenvalue weighted by Crippen LogP contribution is -2.48. The van der Waals surface area contributed by atoms with Crippen molar-refractivity contribution in [3.8, 4) is 0 Å². The number of nitrogens with zero attached hydrogens (tertiary/aromatic N) is 4. The highest BCUT2D eigenvalue weighted by Gasteiger charge is 2.33. The van der Waals surface area contributed by atoms with Crippen LogP contribution in [0.25, 0.3) is 11.0 Å². The molecule has 2 heterocycles. The van der Waals surface area contributed by atoms with E-state index in [1.165, 1.54) is 18.2 Å².